The zero-order chi connectivity index (χ0) is 20.7. The number of aromatic carboxylic acids is 1. The van der Waals surface area contributed by atoms with Crippen LogP contribution in [0.25, 0.3) is 10.9 Å². The number of carbonyl (C=O) groups is 1. The Morgan fingerprint density at radius 3 is 2.55 bits per heavy atom. The first-order chi connectivity index (χ1) is 13.9. The minimum atomic E-state index is -1.31. The van der Waals surface area contributed by atoms with Crippen LogP contribution in [0.15, 0.2) is 34.3 Å². The van der Waals surface area contributed by atoms with E-state index < -0.39 is 17.2 Å². The van der Waals surface area contributed by atoms with Gasteiger partial charge in [-0.25, -0.2) is 9.18 Å². The normalized spacial score (nSPS) is 16.7. The first kappa shape index (κ1) is 19.2. The molecule has 0 amide bonds. The van der Waals surface area contributed by atoms with Gasteiger partial charge in [0.15, 0.2) is 0 Å². The second kappa shape index (κ2) is 7.33. The summed E-state index contributed by atoms with van der Waals surface area (Å²) in [6, 6.07) is 5.08. The van der Waals surface area contributed by atoms with Crippen LogP contribution in [0.5, 0.6) is 0 Å². The van der Waals surface area contributed by atoms with Crippen molar-refractivity contribution in [3.63, 3.8) is 0 Å². The SMILES string of the molecule is N#CC(CN)=C1CCN(c2cc3c(cc2F)c(=O)c(C(=O)O)cn3C2CC2)CC1. The molecular formula is C21H21FN4O3. The van der Waals surface area contributed by atoms with Crippen molar-refractivity contribution in [3.8, 4) is 6.07 Å². The third-order valence-electron chi connectivity index (χ3n) is 5.74. The Bertz CT molecular complexity index is 1130. The van der Waals surface area contributed by atoms with Gasteiger partial charge in [0, 0.05) is 42.8 Å². The quantitative estimate of drug-likeness (QED) is 0.768. The minimum Gasteiger partial charge on any atom is -0.477 e. The first-order valence-corrected chi connectivity index (χ1v) is 9.62. The van der Waals surface area contributed by atoms with Crippen LogP contribution < -0.4 is 16.1 Å². The van der Waals surface area contributed by atoms with Crippen molar-refractivity contribution in [2.24, 2.45) is 5.73 Å². The van der Waals surface area contributed by atoms with Gasteiger partial charge >= 0.3 is 5.97 Å². The molecule has 1 aliphatic heterocycles. The molecule has 3 N–H and O–H groups in total. The molecule has 1 aromatic carbocycles. The lowest BCUT2D eigenvalue weighted by molar-refractivity contribution is 0.0695. The molecule has 2 aromatic rings. The van der Waals surface area contributed by atoms with Gasteiger partial charge in [-0.1, -0.05) is 5.57 Å². The van der Waals surface area contributed by atoms with Gasteiger partial charge in [0.25, 0.3) is 0 Å². The van der Waals surface area contributed by atoms with Crippen LogP contribution in [-0.2, 0) is 0 Å². The highest BCUT2D eigenvalue weighted by Crippen LogP contribution is 2.38. The predicted molar refractivity (Wildman–Crippen MR) is 107 cm³/mol. The van der Waals surface area contributed by atoms with Crippen molar-refractivity contribution in [1.29, 1.82) is 5.26 Å². The highest BCUT2D eigenvalue weighted by atomic mass is 19.1. The minimum absolute atomic E-state index is 0.0885. The third kappa shape index (κ3) is 3.38. The van der Waals surface area contributed by atoms with Crippen molar-refractivity contribution in [1.82, 2.24) is 4.57 Å². The number of halogens is 1. The van der Waals surface area contributed by atoms with Gasteiger partial charge in [0.2, 0.25) is 5.43 Å². The maximum Gasteiger partial charge on any atom is 0.341 e. The Labute approximate surface area is 166 Å². The molecule has 0 radical (unpaired) electrons. The molecule has 1 aliphatic carbocycles. The second-order valence-electron chi connectivity index (χ2n) is 7.52. The lowest BCUT2D eigenvalue weighted by Crippen LogP contribution is -2.32. The summed E-state index contributed by atoms with van der Waals surface area (Å²) in [4.78, 5) is 25.9. The molecule has 2 heterocycles. The Balaban J connectivity index is 1.77. The highest BCUT2D eigenvalue weighted by Gasteiger charge is 2.28. The number of carboxylic acid groups (broad SMARTS) is 1. The highest BCUT2D eigenvalue weighted by molar-refractivity contribution is 5.93. The monoisotopic (exact) mass is 396 g/mol. The van der Waals surface area contributed by atoms with Crippen molar-refractivity contribution in [2.75, 3.05) is 24.5 Å². The summed E-state index contributed by atoms with van der Waals surface area (Å²) in [5.74, 6) is -1.86. The van der Waals surface area contributed by atoms with Gasteiger partial charge in [-0.15, -0.1) is 0 Å². The van der Waals surface area contributed by atoms with Crippen molar-refractivity contribution in [3.05, 3.63) is 51.1 Å². The number of nitrogens with zero attached hydrogens (tertiary/aromatic N) is 3. The topological polar surface area (TPSA) is 112 Å². The first-order valence-electron chi connectivity index (χ1n) is 9.62. The number of carboxylic acids is 1. The average molecular weight is 396 g/mol. The van der Waals surface area contributed by atoms with Crippen LogP contribution in [0.2, 0.25) is 0 Å². The standard InChI is InChI=1S/C21H21FN4O3/c22-17-7-15-18(26(14-1-2-14)11-16(20(15)27)21(28)29)8-19(17)25-5-3-12(4-6-25)13(9-23)10-24/h7-8,11,14H,1-6,9,23H2,(H,28,29). The molecule has 8 heteroatoms. The molecule has 0 bridgehead atoms. The lowest BCUT2D eigenvalue weighted by Gasteiger charge is -2.31. The molecule has 2 fully saturated rings. The van der Waals surface area contributed by atoms with E-state index in [0.717, 1.165) is 24.5 Å². The summed E-state index contributed by atoms with van der Waals surface area (Å²) in [5.41, 5.74) is 7.15. The van der Waals surface area contributed by atoms with Gasteiger partial charge in [0.1, 0.15) is 11.4 Å². The molecule has 0 atom stereocenters. The number of rotatable bonds is 4. The lowest BCUT2D eigenvalue weighted by atomic mass is 9.97. The van der Waals surface area contributed by atoms with Gasteiger partial charge < -0.3 is 20.3 Å². The number of piperidine rings is 1. The molecule has 0 spiro atoms. The fourth-order valence-electron chi connectivity index (χ4n) is 4.00. The maximum absolute atomic E-state index is 14.9. The van der Waals surface area contributed by atoms with E-state index in [1.165, 1.54) is 6.20 Å². The van der Waals surface area contributed by atoms with Crippen LogP contribution in [0.3, 0.4) is 0 Å². The van der Waals surface area contributed by atoms with Crippen LogP contribution in [0.1, 0.15) is 42.1 Å². The fourth-order valence-corrected chi connectivity index (χ4v) is 4.00. The molecule has 1 aromatic heterocycles. The molecule has 1 saturated heterocycles. The zero-order valence-electron chi connectivity index (χ0n) is 15.8. The number of aromatic nitrogens is 1. The average Bonchev–Trinajstić information content (AvgIpc) is 3.55. The predicted octanol–water partition coefficient (Wildman–Crippen LogP) is 2.55. The summed E-state index contributed by atoms with van der Waals surface area (Å²) in [6.45, 7) is 1.30. The Hall–Kier alpha value is -3.18. The summed E-state index contributed by atoms with van der Waals surface area (Å²) in [6.07, 6.45) is 4.44. The molecule has 1 saturated carbocycles. The molecule has 0 unspecified atom stereocenters. The van der Waals surface area contributed by atoms with Crippen molar-refractivity contribution >= 4 is 22.6 Å². The van der Waals surface area contributed by atoms with Gasteiger partial charge in [-0.2, -0.15) is 5.26 Å². The smallest absolute Gasteiger partial charge is 0.341 e. The van der Waals surface area contributed by atoms with Crippen LogP contribution in [0, 0.1) is 17.1 Å². The number of hydrogen-bond acceptors (Lipinski definition) is 5. The third-order valence-corrected chi connectivity index (χ3v) is 5.74. The van der Waals surface area contributed by atoms with Gasteiger partial charge in [0.05, 0.1) is 17.3 Å². The number of fused-ring (bicyclic) bond motifs is 1. The van der Waals surface area contributed by atoms with E-state index >= 15 is 0 Å². The van der Waals surface area contributed by atoms with Crippen LogP contribution in [0.4, 0.5) is 10.1 Å². The van der Waals surface area contributed by atoms with Gasteiger partial charge in [-0.05, 0) is 37.8 Å². The van der Waals surface area contributed by atoms with Crippen LogP contribution in [-0.4, -0.2) is 35.3 Å². The van der Waals surface area contributed by atoms with E-state index in [-0.39, 0.29) is 23.5 Å². The summed E-state index contributed by atoms with van der Waals surface area (Å²) < 4.78 is 16.7. The molecular weight excluding hydrogens is 375 g/mol. The molecule has 150 valence electrons. The Morgan fingerprint density at radius 2 is 2.00 bits per heavy atom. The summed E-state index contributed by atoms with van der Waals surface area (Å²) in [5, 5.41) is 18.6. The molecule has 4 rings (SSSR count). The number of hydrogen-bond donors (Lipinski definition) is 2. The maximum atomic E-state index is 14.9. The van der Waals surface area contributed by atoms with E-state index in [0.29, 0.717) is 42.7 Å². The summed E-state index contributed by atoms with van der Waals surface area (Å²) >= 11 is 0. The van der Waals surface area contributed by atoms with E-state index in [1.807, 2.05) is 4.90 Å². The van der Waals surface area contributed by atoms with E-state index in [1.54, 1.807) is 10.6 Å². The number of anilines is 1. The van der Waals surface area contributed by atoms with E-state index in [2.05, 4.69) is 6.07 Å². The largest absolute Gasteiger partial charge is 0.477 e. The van der Waals surface area contributed by atoms with Gasteiger partial charge in [-0.3, -0.25) is 4.79 Å². The number of benzene rings is 1. The molecule has 29 heavy (non-hydrogen) atoms. The Kier molecular flexibility index (Phi) is 4.84. The van der Waals surface area contributed by atoms with E-state index in [9.17, 15) is 19.1 Å². The molecule has 2 aliphatic rings. The van der Waals surface area contributed by atoms with Crippen LogP contribution >= 0.6 is 0 Å². The Morgan fingerprint density at radius 1 is 1.31 bits per heavy atom. The van der Waals surface area contributed by atoms with E-state index in [4.69, 9.17) is 11.0 Å². The second-order valence-corrected chi connectivity index (χ2v) is 7.52. The zero-order valence-corrected chi connectivity index (χ0v) is 15.8. The fraction of sp³-hybridized carbons (Fsp3) is 0.381. The summed E-state index contributed by atoms with van der Waals surface area (Å²) in [7, 11) is 0. The van der Waals surface area contributed by atoms with Crippen molar-refractivity contribution in [2.45, 2.75) is 31.7 Å². The number of nitriles is 1. The van der Waals surface area contributed by atoms with Crippen molar-refractivity contribution < 1.29 is 14.3 Å². The molecule has 7 nitrogen and oxygen atoms in total. The number of pyridine rings is 1. The number of nitrogens with two attached hydrogens (primary N) is 1.